The van der Waals surface area contributed by atoms with Gasteiger partial charge < -0.3 is 9.88 Å². The van der Waals surface area contributed by atoms with Crippen LogP contribution in [0.25, 0.3) is 0 Å². The summed E-state index contributed by atoms with van der Waals surface area (Å²) in [6.07, 6.45) is 11.6. The fourth-order valence-corrected chi connectivity index (χ4v) is 1.54. The molecule has 0 saturated heterocycles. The first-order chi connectivity index (χ1) is 7.95. The van der Waals surface area contributed by atoms with E-state index in [0.29, 0.717) is 0 Å². The lowest BCUT2D eigenvalue weighted by Crippen LogP contribution is -2.03. The number of pyridine rings is 1. The molecule has 0 aliphatic heterocycles. The van der Waals surface area contributed by atoms with Crippen molar-refractivity contribution in [3.63, 3.8) is 0 Å². The van der Waals surface area contributed by atoms with Crippen LogP contribution in [0, 0.1) is 0 Å². The van der Waals surface area contributed by atoms with Gasteiger partial charge in [0.05, 0.1) is 6.33 Å². The minimum absolute atomic E-state index is 0.999. The molecule has 2 heterocycles. The number of hydrogen-bond acceptors (Lipinski definition) is 3. The Morgan fingerprint density at radius 1 is 1.06 bits per heavy atom. The zero-order chi connectivity index (χ0) is 11.1. The second-order valence-electron chi connectivity index (χ2n) is 3.67. The molecule has 0 fully saturated rings. The molecular formula is C12H16N4. The Hall–Kier alpha value is -1.84. The van der Waals surface area contributed by atoms with E-state index in [9.17, 15) is 0 Å². The summed E-state index contributed by atoms with van der Waals surface area (Å²) < 4.78 is 2.10. The van der Waals surface area contributed by atoms with E-state index in [0.717, 1.165) is 31.6 Å². The van der Waals surface area contributed by atoms with Crippen LogP contribution in [0.3, 0.4) is 0 Å². The highest BCUT2D eigenvalue weighted by Crippen LogP contribution is 2.03. The zero-order valence-electron chi connectivity index (χ0n) is 9.21. The van der Waals surface area contributed by atoms with Crippen molar-refractivity contribution in [2.45, 2.75) is 19.4 Å². The van der Waals surface area contributed by atoms with Crippen LogP contribution in [0.5, 0.6) is 0 Å². The molecular weight excluding hydrogens is 200 g/mol. The van der Waals surface area contributed by atoms with Gasteiger partial charge in [0.25, 0.3) is 0 Å². The predicted octanol–water partition coefficient (Wildman–Crippen LogP) is 2.17. The number of nitrogens with one attached hydrogen (secondary N) is 1. The molecule has 0 atom stereocenters. The van der Waals surface area contributed by atoms with E-state index in [1.165, 1.54) is 0 Å². The Morgan fingerprint density at radius 3 is 2.69 bits per heavy atom. The first-order valence-corrected chi connectivity index (χ1v) is 5.55. The van der Waals surface area contributed by atoms with Gasteiger partial charge in [0.15, 0.2) is 0 Å². The van der Waals surface area contributed by atoms with Gasteiger partial charge >= 0.3 is 0 Å². The molecule has 0 unspecified atom stereocenters. The van der Waals surface area contributed by atoms with E-state index >= 15 is 0 Å². The van der Waals surface area contributed by atoms with Gasteiger partial charge in [-0.15, -0.1) is 0 Å². The Labute approximate surface area is 95.4 Å². The normalized spacial score (nSPS) is 10.2. The van der Waals surface area contributed by atoms with Crippen molar-refractivity contribution >= 4 is 5.69 Å². The van der Waals surface area contributed by atoms with E-state index in [-0.39, 0.29) is 0 Å². The largest absolute Gasteiger partial charge is 0.385 e. The summed E-state index contributed by atoms with van der Waals surface area (Å²) in [6.45, 7) is 2.04. The van der Waals surface area contributed by atoms with E-state index in [1.54, 1.807) is 12.4 Å². The number of nitrogens with zero attached hydrogens (tertiary/aromatic N) is 3. The quantitative estimate of drug-likeness (QED) is 0.752. The number of hydrogen-bond donors (Lipinski definition) is 1. The van der Waals surface area contributed by atoms with Gasteiger partial charge in [-0.2, -0.15) is 0 Å². The van der Waals surface area contributed by atoms with Gasteiger partial charge in [-0.05, 0) is 25.0 Å². The summed E-state index contributed by atoms with van der Waals surface area (Å²) in [4.78, 5) is 7.98. The van der Waals surface area contributed by atoms with Crippen LogP contribution < -0.4 is 5.32 Å². The van der Waals surface area contributed by atoms with E-state index in [4.69, 9.17) is 0 Å². The molecule has 0 aliphatic rings. The van der Waals surface area contributed by atoms with Crippen molar-refractivity contribution in [3.8, 4) is 0 Å². The molecule has 4 nitrogen and oxygen atoms in total. The lowest BCUT2D eigenvalue weighted by molar-refractivity contribution is 0.621. The predicted molar refractivity (Wildman–Crippen MR) is 64.2 cm³/mol. The minimum atomic E-state index is 0.999. The monoisotopic (exact) mass is 216 g/mol. The molecule has 2 aromatic rings. The highest BCUT2D eigenvalue weighted by Gasteiger charge is 1.92. The second kappa shape index (κ2) is 5.90. The van der Waals surface area contributed by atoms with Gasteiger partial charge in [-0.25, -0.2) is 4.98 Å². The summed E-state index contributed by atoms with van der Waals surface area (Å²) >= 11 is 0. The molecule has 4 heteroatoms. The summed E-state index contributed by atoms with van der Waals surface area (Å²) in [7, 11) is 0. The molecule has 2 rings (SSSR count). The topological polar surface area (TPSA) is 42.7 Å². The third-order valence-electron chi connectivity index (χ3n) is 2.41. The fraction of sp³-hybridized carbons (Fsp3) is 0.333. The number of rotatable bonds is 6. The van der Waals surface area contributed by atoms with Gasteiger partial charge in [0.1, 0.15) is 0 Å². The lowest BCUT2D eigenvalue weighted by atomic mass is 10.3. The number of aryl methyl sites for hydroxylation is 1. The number of aromatic nitrogens is 3. The third-order valence-corrected chi connectivity index (χ3v) is 2.41. The van der Waals surface area contributed by atoms with Crippen molar-refractivity contribution in [3.05, 3.63) is 43.2 Å². The zero-order valence-corrected chi connectivity index (χ0v) is 9.21. The molecule has 0 saturated carbocycles. The summed E-state index contributed by atoms with van der Waals surface area (Å²) in [6, 6.07) is 3.96. The first-order valence-electron chi connectivity index (χ1n) is 5.55. The Balaban J connectivity index is 1.59. The maximum Gasteiger partial charge on any atom is 0.0945 e. The molecule has 0 radical (unpaired) electrons. The minimum Gasteiger partial charge on any atom is -0.385 e. The van der Waals surface area contributed by atoms with E-state index in [2.05, 4.69) is 19.9 Å². The number of unbranched alkanes of at least 4 members (excludes halogenated alkanes) is 1. The van der Waals surface area contributed by atoms with Gasteiger partial charge in [0.2, 0.25) is 0 Å². The first kappa shape index (κ1) is 10.7. The molecule has 0 aliphatic carbocycles. The van der Waals surface area contributed by atoms with Crippen LogP contribution in [-0.4, -0.2) is 21.1 Å². The summed E-state index contributed by atoms with van der Waals surface area (Å²) in [5.74, 6) is 0. The molecule has 0 amide bonds. The van der Waals surface area contributed by atoms with E-state index in [1.807, 2.05) is 30.9 Å². The second-order valence-corrected chi connectivity index (χ2v) is 3.67. The smallest absolute Gasteiger partial charge is 0.0945 e. The van der Waals surface area contributed by atoms with Crippen molar-refractivity contribution in [1.29, 1.82) is 0 Å². The highest BCUT2D eigenvalue weighted by molar-refractivity contribution is 5.40. The third kappa shape index (κ3) is 3.38. The summed E-state index contributed by atoms with van der Waals surface area (Å²) in [5.41, 5.74) is 1.14. The van der Waals surface area contributed by atoms with Crippen molar-refractivity contribution in [2.75, 3.05) is 11.9 Å². The van der Waals surface area contributed by atoms with Crippen LogP contribution in [0.1, 0.15) is 12.8 Å². The van der Waals surface area contributed by atoms with Gasteiger partial charge in [-0.1, -0.05) is 0 Å². The van der Waals surface area contributed by atoms with E-state index < -0.39 is 0 Å². The highest BCUT2D eigenvalue weighted by atomic mass is 15.0. The van der Waals surface area contributed by atoms with Crippen molar-refractivity contribution in [2.24, 2.45) is 0 Å². The van der Waals surface area contributed by atoms with Crippen molar-refractivity contribution < 1.29 is 0 Å². The SMILES string of the molecule is c1cc(NCCCCn2ccnc2)ccn1. The van der Waals surface area contributed by atoms with Gasteiger partial charge in [0, 0.05) is 43.6 Å². The fourth-order valence-electron chi connectivity index (χ4n) is 1.54. The molecule has 2 aromatic heterocycles. The molecule has 0 bridgehead atoms. The molecule has 84 valence electrons. The standard InChI is InChI=1S/C12H16N4/c1(2-9-16-10-8-14-11-16)5-15-12-3-6-13-7-4-12/h3-4,6-8,10-11H,1-2,5,9H2,(H,13,15). The Bertz CT molecular complexity index is 383. The van der Waals surface area contributed by atoms with Gasteiger partial charge in [-0.3, -0.25) is 4.98 Å². The maximum atomic E-state index is 4.01. The molecule has 16 heavy (non-hydrogen) atoms. The molecule has 1 N–H and O–H groups in total. The number of imidazole rings is 1. The molecule has 0 spiro atoms. The Morgan fingerprint density at radius 2 is 1.94 bits per heavy atom. The Kier molecular flexibility index (Phi) is 3.94. The van der Waals surface area contributed by atoms with Crippen LogP contribution in [0.15, 0.2) is 43.2 Å². The van der Waals surface area contributed by atoms with Crippen molar-refractivity contribution in [1.82, 2.24) is 14.5 Å². The van der Waals surface area contributed by atoms with Crippen LogP contribution >= 0.6 is 0 Å². The van der Waals surface area contributed by atoms with Crippen LogP contribution in [0.4, 0.5) is 5.69 Å². The van der Waals surface area contributed by atoms with Crippen LogP contribution in [0.2, 0.25) is 0 Å². The average molecular weight is 216 g/mol. The molecule has 0 aromatic carbocycles. The lowest BCUT2D eigenvalue weighted by Gasteiger charge is -2.05. The number of anilines is 1. The average Bonchev–Trinajstić information content (AvgIpc) is 2.83. The maximum absolute atomic E-state index is 4.01. The summed E-state index contributed by atoms with van der Waals surface area (Å²) in [5, 5.41) is 3.36. The van der Waals surface area contributed by atoms with Crippen LogP contribution in [-0.2, 0) is 6.54 Å².